The van der Waals surface area contributed by atoms with Crippen molar-refractivity contribution in [2.24, 2.45) is 7.05 Å². The van der Waals surface area contributed by atoms with Gasteiger partial charge in [-0.2, -0.15) is 0 Å². The zero-order valence-electron chi connectivity index (χ0n) is 15.1. The normalized spacial score (nSPS) is 14.7. The maximum Gasteiger partial charge on any atom is 0.238 e. The Morgan fingerprint density at radius 3 is 2.50 bits per heavy atom. The predicted molar refractivity (Wildman–Crippen MR) is 108 cm³/mol. The van der Waals surface area contributed by atoms with Crippen molar-refractivity contribution < 1.29 is 9.18 Å². The highest BCUT2D eigenvalue weighted by Crippen LogP contribution is 2.36. The molecule has 8 heteroatoms. The van der Waals surface area contributed by atoms with Crippen LogP contribution < -0.4 is 5.32 Å². The van der Waals surface area contributed by atoms with E-state index in [2.05, 4.69) is 15.5 Å². The molecule has 1 aliphatic rings. The third kappa shape index (κ3) is 4.20. The van der Waals surface area contributed by atoms with Gasteiger partial charge in [-0.25, -0.2) is 4.39 Å². The Balaban J connectivity index is 1.62. The highest BCUT2D eigenvalue weighted by atomic mass is 35.5. The lowest BCUT2D eigenvalue weighted by Crippen LogP contribution is -2.29. The zero-order chi connectivity index (χ0) is 19.7. The van der Waals surface area contributed by atoms with E-state index in [0.717, 1.165) is 24.0 Å². The van der Waals surface area contributed by atoms with Crippen molar-refractivity contribution >= 4 is 29.3 Å². The van der Waals surface area contributed by atoms with Gasteiger partial charge in [0.1, 0.15) is 11.1 Å². The fourth-order valence-corrected chi connectivity index (χ4v) is 3.93. The molecular weight excluding hydrogens is 399 g/mol. The van der Waals surface area contributed by atoms with E-state index in [-0.39, 0.29) is 17.8 Å². The molecule has 1 amide bonds. The number of carbonyl (C=O) groups excluding carboxylic acids is 1. The van der Waals surface area contributed by atoms with Gasteiger partial charge in [-0.05, 0) is 54.8 Å². The van der Waals surface area contributed by atoms with E-state index in [9.17, 15) is 9.18 Å². The maximum atomic E-state index is 13.3. The number of halogens is 2. The van der Waals surface area contributed by atoms with E-state index in [1.165, 1.54) is 23.9 Å². The minimum absolute atomic E-state index is 0.102. The number of nitrogens with zero attached hydrogens (tertiary/aromatic N) is 3. The van der Waals surface area contributed by atoms with Crippen LogP contribution in [0, 0.1) is 5.82 Å². The van der Waals surface area contributed by atoms with Gasteiger partial charge in [0.15, 0.2) is 11.0 Å². The summed E-state index contributed by atoms with van der Waals surface area (Å²) >= 11 is 7.25. The molecule has 1 aromatic heterocycles. The number of amides is 1. The third-order valence-electron chi connectivity index (χ3n) is 4.50. The Hall–Kier alpha value is -2.38. The number of hydrogen-bond acceptors (Lipinski definition) is 4. The Labute approximate surface area is 171 Å². The maximum absolute atomic E-state index is 13.3. The topological polar surface area (TPSA) is 59.8 Å². The molecule has 1 N–H and O–H groups in total. The predicted octanol–water partition coefficient (Wildman–Crippen LogP) is 4.39. The minimum atomic E-state index is -0.540. The number of aromatic nitrogens is 3. The lowest BCUT2D eigenvalue weighted by molar-refractivity contribution is -0.120. The molecule has 0 radical (unpaired) electrons. The van der Waals surface area contributed by atoms with Crippen LogP contribution in [0.1, 0.15) is 23.7 Å². The molecule has 1 saturated carbocycles. The smallest absolute Gasteiger partial charge is 0.238 e. The van der Waals surface area contributed by atoms with Crippen molar-refractivity contribution in [1.82, 2.24) is 20.1 Å². The first kappa shape index (κ1) is 19.0. The standard InChI is InChI=1S/C20H18ClFN4OS/c1-26-18(13-2-6-14(21)7-3-13)24-25-20(26)28-17(19(27)23-16-10-11-16)12-4-8-15(22)9-5-12/h2-9,16-17H,10-11H2,1H3,(H,23,27). The van der Waals surface area contributed by atoms with E-state index >= 15 is 0 Å². The molecule has 4 rings (SSSR count). The SMILES string of the molecule is Cn1c(SC(C(=O)NC2CC2)c2ccc(F)cc2)nnc1-c1ccc(Cl)cc1. The Morgan fingerprint density at radius 1 is 1.18 bits per heavy atom. The lowest BCUT2D eigenvalue weighted by Gasteiger charge is -2.16. The van der Waals surface area contributed by atoms with Crippen molar-refractivity contribution in [3.05, 3.63) is 64.9 Å². The highest BCUT2D eigenvalue weighted by molar-refractivity contribution is 8.00. The molecule has 2 aromatic carbocycles. The van der Waals surface area contributed by atoms with Crippen LogP contribution in [0.4, 0.5) is 4.39 Å². The van der Waals surface area contributed by atoms with Crippen LogP contribution in [-0.2, 0) is 11.8 Å². The lowest BCUT2D eigenvalue weighted by atomic mass is 10.1. The summed E-state index contributed by atoms with van der Waals surface area (Å²) in [6, 6.07) is 13.6. The molecule has 0 aliphatic heterocycles. The zero-order valence-corrected chi connectivity index (χ0v) is 16.7. The molecule has 144 valence electrons. The van der Waals surface area contributed by atoms with Gasteiger partial charge in [-0.1, -0.05) is 35.5 Å². The summed E-state index contributed by atoms with van der Waals surface area (Å²) in [5.74, 6) is 0.244. The molecule has 1 aliphatic carbocycles. The van der Waals surface area contributed by atoms with Crippen LogP contribution in [0.2, 0.25) is 5.02 Å². The van der Waals surface area contributed by atoms with E-state index < -0.39 is 5.25 Å². The Morgan fingerprint density at radius 2 is 1.86 bits per heavy atom. The first-order valence-corrected chi connectivity index (χ1v) is 10.1. The molecule has 0 bridgehead atoms. The van der Waals surface area contributed by atoms with Gasteiger partial charge >= 0.3 is 0 Å². The van der Waals surface area contributed by atoms with Crippen LogP contribution in [0.25, 0.3) is 11.4 Å². The van der Waals surface area contributed by atoms with Gasteiger partial charge in [0, 0.05) is 23.7 Å². The molecular formula is C20H18ClFN4OS. The number of rotatable bonds is 6. The average molecular weight is 417 g/mol. The van der Waals surface area contributed by atoms with E-state index in [1.54, 1.807) is 24.3 Å². The van der Waals surface area contributed by atoms with Crippen molar-refractivity contribution in [1.29, 1.82) is 0 Å². The fraction of sp³-hybridized carbons (Fsp3) is 0.250. The second-order valence-corrected chi connectivity index (χ2v) is 8.21. The van der Waals surface area contributed by atoms with Gasteiger partial charge < -0.3 is 9.88 Å². The Bertz CT molecular complexity index is 986. The quantitative estimate of drug-likeness (QED) is 0.605. The second-order valence-electron chi connectivity index (χ2n) is 6.70. The van der Waals surface area contributed by atoms with E-state index in [1.807, 2.05) is 23.7 Å². The average Bonchev–Trinajstić information content (AvgIpc) is 3.43. The van der Waals surface area contributed by atoms with E-state index in [0.29, 0.717) is 16.0 Å². The third-order valence-corrected chi connectivity index (χ3v) is 6.04. The molecule has 5 nitrogen and oxygen atoms in total. The van der Waals surface area contributed by atoms with Crippen LogP contribution in [-0.4, -0.2) is 26.7 Å². The summed E-state index contributed by atoms with van der Waals surface area (Å²) in [5.41, 5.74) is 1.60. The van der Waals surface area contributed by atoms with Gasteiger partial charge in [-0.15, -0.1) is 10.2 Å². The molecule has 28 heavy (non-hydrogen) atoms. The van der Waals surface area contributed by atoms with Gasteiger partial charge in [0.05, 0.1) is 0 Å². The number of carbonyl (C=O) groups is 1. The Kier molecular flexibility index (Phi) is 5.37. The van der Waals surface area contributed by atoms with Gasteiger partial charge in [-0.3, -0.25) is 4.79 Å². The van der Waals surface area contributed by atoms with Crippen LogP contribution >= 0.6 is 23.4 Å². The van der Waals surface area contributed by atoms with Crippen molar-refractivity contribution in [3.8, 4) is 11.4 Å². The molecule has 1 atom stereocenters. The number of benzene rings is 2. The van der Waals surface area contributed by atoms with Crippen LogP contribution in [0.15, 0.2) is 53.7 Å². The second kappa shape index (κ2) is 7.93. The van der Waals surface area contributed by atoms with Crippen molar-refractivity contribution in [2.75, 3.05) is 0 Å². The van der Waals surface area contributed by atoms with Gasteiger partial charge in [0.25, 0.3) is 0 Å². The first-order chi connectivity index (χ1) is 13.5. The minimum Gasteiger partial charge on any atom is -0.352 e. The summed E-state index contributed by atoms with van der Waals surface area (Å²) < 4.78 is 15.2. The van der Waals surface area contributed by atoms with Crippen molar-refractivity contribution in [2.45, 2.75) is 29.3 Å². The molecule has 0 saturated heterocycles. The van der Waals surface area contributed by atoms with Crippen LogP contribution in [0.3, 0.4) is 0 Å². The monoisotopic (exact) mass is 416 g/mol. The molecule has 1 unspecified atom stereocenters. The summed E-state index contributed by atoms with van der Waals surface area (Å²) in [4.78, 5) is 12.8. The summed E-state index contributed by atoms with van der Waals surface area (Å²) in [6.07, 6.45) is 1.99. The number of nitrogens with one attached hydrogen (secondary N) is 1. The number of hydrogen-bond donors (Lipinski definition) is 1. The first-order valence-electron chi connectivity index (χ1n) is 8.89. The molecule has 1 fully saturated rings. The largest absolute Gasteiger partial charge is 0.352 e. The highest BCUT2D eigenvalue weighted by Gasteiger charge is 2.30. The molecule has 0 spiro atoms. The van der Waals surface area contributed by atoms with Crippen molar-refractivity contribution in [3.63, 3.8) is 0 Å². The van der Waals surface area contributed by atoms with Gasteiger partial charge in [0.2, 0.25) is 5.91 Å². The number of thioether (sulfide) groups is 1. The van der Waals surface area contributed by atoms with E-state index in [4.69, 9.17) is 11.6 Å². The van der Waals surface area contributed by atoms with Crippen LogP contribution in [0.5, 0.6) is 0 Å². The summed E-state index contributed by atoms with van der Waals surface area (Å²) in [6.45, 7) is 0. The summed E-state index contributed by atoms with van der Waals surface area (Å²) in [7, 11) is 1.85. The summed E-state index contributed by atoms with van der Waals surface area (Å²) in [5, 5.41) is 12.3. The molecule has 3 aromatic rings. The fourth-order valence-electron chi connectivity index (χ4n) is 2.79. The molecule has 1 heterocycles.